The summed E-state index contributed by atoms with van der Waals surface area (Å²) in [4.78, 5) is 42.8. The summed E-state index contributed by atoms with van der Waals surface area (Å²) in [7, 11) is 0. The number of benzene rings is 2. The van der Waals surface area contributed by atoms with Crippen LogP contribution in [0.25, 0.3) is 0 Å². The third-order valence-corrected chi connectivity index (χ3v) is 9.85. The Morgan fingerprint density at radius 2 is 1.80 bits per heavy atom. The quantitative estimate of drug-likeness (QED) is 0.523. The van der Waals surface area contributed by atoms with Crippen molar-refractivity contribution in [2.45, 2.75) is 41.7 Å². The van der Waals surface area contributed by atoms with Crippen LogP contribution < -0.4 is 10.6 Å². The first kappa shape index (κ1) is 24.2. The predicted molar refractivity (Wildman–Crippen MR) is 137 cm³/mol. The van der Waals surface area contributed by atoms with Gasteiger partial charge >= 0.3 is 0 Å². The molecule has 2 aromatic rings. The summed E-state index contributed by atoms with van der Waals surface area (Å²) in [5.41, 5.74) is 1.16. The monoisotopic (exact) mass is 513 g/mol. The van der Waals surface area contributed by atoms with Gasteiger partial charge in [0.1, 0.15) is 6.04 Å². The number of nitrogens with zero attached hydrogens (tertiary/aromatic N) is 1. The van der Waals surface area contributed by atoms with Crippen molar-refractivity contribution in [1.82, 2.24) is 4.90 Å². The van der Waals surface area contributed by atoms with Crippen molar-refractivity contribution in [2.24, 2.45) is 11.8 Å². The van der Waals surface area contributed by atoms with Crippen molar-refractivity contribution in [3.8, 4) is 0 Å². The van der Waals surface area contributed by atoms with E-state index in [-0.39, 0.29) is 30.9 Å². The van der Waals surface area contributed by atoms with Gasteiger partial charge in [0.15, 0.2) is 0 Å². The molecule has 3 saturated heterocycles. The Balaban J connectivity index is 1.50. The number of para-hydroxylation sites is 2. The van der Waals surface area contributed by atoms with Gasteiger partial charge < -0.3 is 20.6 Å². The number of halogens is 1. The maximum atomic E-state index is 13.9. The van der Waals surface area contributed by atoms with E-state index in [0.29, 0.717) is 29.2 Å². The molecule has 3 amide bonds. The van der Waals surface area contributed by atoms with Gasteiger partial charge in [0.2, 0.25) is 17.7 Å². The zero-order chi connectivity index (χ0) is 24.8. The Hall–Kier alpha value is -2.55. The van der Waals surface area contributed by atoms with Gasteiger partial charge in [-0.3, -0.25) is 14.4 Å². The number of rotatable bonds is 7. The molecule has 35 heavy (non-hydrogen) atoms. The van der Waals surface area contributed by atoms with Crippen molar-refractivity contribution in [2.75, 3.05) is 23.8 Å². The number of carbonyl (C=O) groups excluding carboxylic acids is 3. The molecule has 2 aromatic carbocycles. The highest BCUT2D eigenvalue weighted by Crippen LogP contribution is 2.71. The highest BCUT2D eigenvalue weighted by Gasteiger charge is 2.77. The minimum Gasteiger partial charge on any atom is -0.396 e. The fourth-order valence-corrected chi connectivity index (χ4v) is 8.65. The summed E-state index contributed by atoms with van der Waals surface area (Å²) in [6, 6.07) is 15.4. The van der Waals surface area contributed by atoms with Gasteiger partial charge in [-0.1, -0.05) is 41.9 Å². The van der Waals surface area contributed by atoms with Crippen LogP contribution in [0.5, 0.6) is 0 Å². The molecule has 0 radical (unpaired) electrons. The second-order valence-corrected chi connectivity index (χ2v) is 12.0. The van der Waals surface area contributed by atoms with E-state index in [9.17, 15) is 19.5 Å². The predicted octanol–water partition coefficient (Wildman–Crippen LogP) is 3.78. The lowest BCUT2D eigenvalue weighted by Gasteiger charge is -2.34. The Kier molecular flexibility index (Phi) is 6.32. The number of hydrogen-bond donors (Lipinski definition) is 3. The zero-order valence-corrected chi connectivity index (χ0v) is 20.9. The van der Waals surface area contributed by atoms with Crippen LogP contribution >= 0.6 is 23.4 Å². The molecular weight excluding hydrogens is 486 g/mol. The summed E-state index contributed by atoms with van der Waals surface area (Å²) in [5, 5.41) is 15.8. The molecule has 0 saturated carbocycles. The van der Waals surface area contributed by atoms with E-state index in [2.05, 4.69) is 10.6 Å². The van der Waals surface area contributed by atoms with E-state index in [1.54, 1.807) is 40.9 Å². The van der Waals surface area contributed by atoms with E-state index >= 15 is 0 Å². The first-order valence-electron chi connectivity index (χ1n) is 11.8. The van der Waals surface area contributed by atoms with Gasteiger partial charge in [0.05, 0.1) is 27.3 Å². The average Bonchev–Trinajstić information content (AvgIpc) is 3.40. The van der Waals surface area contributed by atoms with E-state index in [1.165, 1.54) is 0 Å². The normalized spacial score (nSPS) is 30.9. The van der Waals surface area contributed by atoms with Gasteiger partial charge in [-0.25, -0.2) is 0 Å². The third-order valence-electron chi connectivity index (χ3n) is 7.54. The number of carbonyl (C=O) groups is 3. The summed E-state index contributed by atoms with van der Waals surface area (Å²) in [5.74, 6) is -1.88. The van der Waals surface area contributed by atoms with E-state index in [1.807, 2.05) is 37.3 Å². The molecule has 5 atom stereocenters. The molecule has 3 fully saturated rings. The van der Waals surface area contributed by atoms with Crippen molar-refractivity contribution in [1.29, 1.82) is 0 Å². The lowest BCUT2D eigenvalue weighted by Crippen LogP contribution is -2.52. The highest BCUT2D eigenvalue weighted by molar-refractivity contribution is 8.02. The standard InChI is InChI=1S/C26H28ClN3O4S/c1-25-12-13-26(35-25)20(19(25)22(32)28-16-8-3-2-4-9-16)24(34)30(14-7-15-31)21(26)23(33)29-18-11-6-5-10-17(18)27/h2-6,8-11,19-21,31H,7,12-15H2,1H3,(H,28,32)(H,29,33)/t19-,20+,21?,25+,26?/m1/s1. The van der Waals surface area contributed by atoms with Crippen LogP contribution in [-0.4, -0.2) is 56.4 Å². The van der Waals surface area contributed by atoms with E-state index in [0.717, 1.165) is 6.42 Å². The topological polar surface area (TPSA) is 98.7 Å². The number of hydrogen-bond acceptors (Lipinski definition) is 5. The summed E-state index contributed by atoms with van der Waals surface area (Å²) in [6.07, 6.45) is 1.75. The lowest BCUT2D eigenvalue weighted by molar-refractivity contribution is -0.139. The van der Waals surface area contributed by atoms with Crippen molar-refractivity contribution in [3.63, 3.8) is 0 Å². The smallest absolute Gasteiger partial charge is 0.248 e. The van der Waals surface area contributed by atoms with Crippen LogP contribution in [0.4, 0.5) is 11.4 Å². The Morgan fingerprint density at radius 1 is 1.09 bits per heavy atom. The number of anilines is 2. The fraction of sp³-hybridized carbons (Fsp3) is 0.423. The molecule has 2 unspecified atom stereocenters. The molecular formula is C26H28ClN3O4S. The fourth-order valence-electron chi connectivity index (χ4n) is 6.11. The summed E-state index contributed by atoms with van der Waals surface area (Å²) >= 11 is 7.90. The van der Waals surface area contributed by atoms with Gasteiger partial charge in [0, 0.05) is 23.6 Å². The third kappa shape index (κ3) is 3.92. The Bertz CT molecular complexity index is 1160. The number of aliphatic hydroxyl groups excluding tert-OH is 1. The van der Waals surface area contributed by atoms with Gasteiger partial charge in [-0.2, -0.15) is 0 Å². The van der Waals surface area contributed by atoms with E-state index in [4.69, 9.17) is 11.6 Å². The van der Waals surface area contributed by atoms with Crippen LogP contribution in [0.15, 0.2) is 54.6 Å². The minimum atomic E-state index is -0.760. The molecule has 7 nitrogen and oxygen atoms in total. The van der Waals surface area contributed by atoms with Crippen molar-refractivity contribution >= 4 is 52.5 Å². The van der Waals surface area contributed by atoms with Gasteiger partial charge in [0.25, 0.3) is 0 Å². The molecule has 3 aliphatic heterocycles. The highest BCUT2D eigenvalue weighted by atomic mass is 35.5. The number of fused-ring (bicyclic) bond motifs is 1. The molecule has 3 N–H and O–H groups in total. The molecule has 2 bridgehead atoms. The first-order chi connectivity index (χ1) is 16.8. The molecule has 0 aromatic heterocycles. The molecule has 3 heterocycles. The number of amides is 3. The van der Waals surface area contributed by atoms with Crippen LogP contribution in [0.2, 0.25) is 5.02 Å². The van der Waals surface area contributed by atoms with Crippen LogP contribution in [0.3, 0.4) is 0 Å². The van der Waals surface area contributed by atoms with Crippen molar-refractivity contribution in [3.05, 3.63) is 59.6 Å². The van der Waals surface area contributed by atoms with Gasteiger partial charge in [-0.15, -0.1) is 11.8 Å². The maximum absolute atomic E-state index is 13.9. The largest absolute Gasteiger partial charge is 0.396 e. The summed E-state index contributed by atoms with van der Waals surface area (Å²) < 4.78 is -1.17. The summed E-state index contributed by atoms with van der Waals surface area (Å²) in [6.45, 7) is 2.19. The van der Waals surface area contributed by atoms with Crippen LogP contribution in [0, 0.1) is 11.8 Å². The Labute approximate surface area is 213 Å². The maximum Gasteiger partial charge on any atom is 0.248 e. The van der Waals surface area contributed by atoms with Crippen LogP contribution in [-0.2, 0) is 14.4 Å². The number of likely N-dealkylation sites (tertiary alicyclic amines) is 1. The Morgan fingerprint density at radius 3 is 2.51 bits per heavy atom. The minimum absolute atomic E-state index is 0.0942. The average molecular weight is 514 g/mol. The first-order valence-corrected chi connectivity index (χ1v) is 13.0. The molecule has 5 rings (SSSR count). The SMILES string of the molecule is C[C@@]12CCC3(S1)C(C(=O)Nc1ccccc1Cl)N(CCCO)C(=O)[C@@H]3[C@@H]2C(=O)Nc1ccccc1. The number of nitrogens with one attached hydrogen (secondary N) is 2. The van der Waals surface area contributed by atoms with E-state index < -0.39 is 27.4 Å². The van der Waals surface area contributed by atoms with Crippen LogP contribution in [0.1, 0.15) is 26.2 Å². The van der Waals surface area contributed by atoms with Gasteiger partial charge in [-0.05, 0) is 50.5 Å². The van der Waals surface area contributed by atoms with Crippen molar-refractivity contribution < 1.29 is 19.5 Å². The molecule has 1 spiro atoms. The molecule has 0 aliphatic carbocycles. The molecule has 184 valence electrons. The zero-order valence-electron chi connectivity index (χ0n) is 19.4. The number of thioether (sulfide) groups is 1. The number of aliphatic hydroxyl groups is 1. The molecule has 9 heteroatoms. The second-order valence-electron chi connectivity index (χ2n) is 9.66. The second kappa shape index (κ2) is 9.15. The molecule has 3 aliphatic rings. The lowest BCUT2D eigenvalue weighted by atomic mass is 9.66.